The van der Waals surface area contributed by atoms with Gasteiger partial charge in [-0.2, -0.15) is 0 Å². The molecule has 2 aromatic rings. The first-order valence-corrected chi connectivity index (χ1v) is 12.0. The number of anilines is 1. The third-order valence-corrected chi connectivity index (χ3v) is 6.81. The number of amides is 1. The van der Waals surface area contributed by atoms with Gasteiger partial charge in [-0.1, -0.05) is 0 Å². The van der Waals surface area contributed by atoms with Gasteiger partial charge < -0.3 is 0 Å². The second-order valence-corrected chi connectivity index (χ2v) is 9.45. The molecule has 2 aliphatic heterocycles. The molecule has 6 nitrogen and oxygen atoms in total. The molecule has 0 saturated carbocycles. The van der Waals surface area contributed by atoms with E-state index in [4.69, 9.17) is 4.74 Å². The maximum absolute atomic E-state index is 12.6. The normalized spacial score (nSPS) is 22.0. The number of fused-ring (bicyclic) bond motifs is 1. The number of benzene rings is 1. The van der Waals surface area contributed by atoms with E-state index in [1.54, 1.807) is 18.6 Å². The molecule has 160 valence electrons. The van der Waals surface area contributed by atoms with Crippen LogP contribution in [0.4, 0.5) is 5.58 Å². The van der Waals surface area contributed by atoms with Crippen molar-refractivity contribution < 1.29 is 14.6 Å². The molecule has 1 fully saturated rings. The van der Waals surface area contributed by atoms with E-state index in [9.17, 15) is 9.90 Å². The predicted octanol–water partition coefficient (Wildman–Crippen LogP) is 0.945. The zero-order valence-corrected chi connectivity index (χ0v) is 18.7. The number of β-amino-alcohol motifs (C(OH)–C–C–N with tert-alkyl or cyclic N) is 1. The van der Waals surface area contributed by atoms with Crippen LogP contribution in [-0.4, -0.2) is 79.7 Å². The van der Waals surface area contributed by atoms with Crippen molar-refractivity contribution in [2.75, 3.05) is 36.7 Å². The Kier molecular flexibility index (Phi) is 7.99. The molecule has 3 N–H and O–H groups in total. The van der Waals surface area contributed by atoms with Crippen LogP contribution in [0.25, 0.3) is 0 Å². The van der Waals surface area contributed by atoms with Gasteiger partial charge in [0, 0.05) is 0 Å². The number of carbonyl (C=O) groups is 1. The fourth-order valence-electron chi connectivity index (χ4n) is 4.10. The molecular weight excluding hydrogens is 407 g/mol. The van der Waals surface area contributed by atoms with Crippen molar-refractivity contribution in [3.63, 3.8) is 0 Å². The van der Waals surface area contributed by atoms with Gasteiger partial charge in [0.2, 0.25) is 0 Å². The van der Waals surface area contributed by atoms with Gasteiger partial charge >= 0.3 is 190 Å². The summed E-state index contributed by atoms with van der Waals surface area (Å²) >= 11 is 1.78. The number of rotatable bonds is 7. The Morgan fingerprint density at radius 2 is 2.10 bits per heavy atom. The standard InChI is InChI=1S/C21H28B3N3O3S/c1-14-11-30-13-31-12-19(14)26-20-6-18(22-24-23-20)21(29)25-7-17(28)10-27-8-15-4-2-3-5-16(15)9-27/h2-6,14,17,19,26,28H,7-13H2,1H3,(H,25,29)/t14?,17-,19?/m1/s1. The zero-order chi connectivity index (χ0) is 21.6. The number of carbonyl (C=O) groups excluding carboxylic acids is 1. The number of thioether (sulfide) groups is 1. The van der Waals surface area contributed by atoms with Crippen molar-refractivity contribution >= 4 is 43.5 Å². The van der Waals surface area contributed by atoms with Crippen molar-refractivity contribution in [1.82, 2.24) is 10.2 Å². The summed E-state index contributed by atoms with van der Waals surface area (Å²) in [6, 6.07) is 10.5. The first-order chi connectivity index (χ1) is 15.1. The Hall–Kier alpha value is -1.48. The number of ether oxygens (including phenoxy) is 1. The van der Waals surface area contributed by atoms with E-state index in [0.29, 0.717) is 24.0 Å². The molecule has 0 aliphatic carbocycles. The van der Waals surface area contributed by atoms with Crippen LogP contribution in [-0.2, 0) is 17.8 Å². The van der Waals surface area contributed by atoms with Crippen LogP contribution in [0.2, 0.25) is 0 Å². The van der Waals surface area contributed by atoms with E-state index in [0.717, 1.165) is 37.0 Å². The van der Waals surface area contributed by atoms with Gasteiger partial charge in [0.1, 0.15) is 0 Å². The summed E-state index contributed by atoms with van der Waals surface area (Å²) in [7, 11) is 0. The van der Waals surface area contributed by atoms with Crippen LogP contribution in [0.3, 0.4) is 0 Å². The van der Waals surface area contributed by atoms with E-state index in [1.165, 1.54) is 11.1 Å². The van der Waals surface area contributed by atoms with Crippen LogP contribution < -0.4 is 10.6 Å². The van der Waals surface area contributed by atoms with Crippen LogP contribution in [0.5, 0.6) is 0 Å². The van der Waals surface area contributed by atoms with Crippen molar-refractivity contribution in [2.45, 2.75) is 32.2 Å². The van der Waals surface area contributed by atoms with E-state index in [1.807, 2.05) is 31.7 Å². The fourth-order valence-corrected chi connectivity index (χ4v) is 5.08. The van der Waals surface area contributed by atoms with Gasteiger partial charge in [-0.05, 0) is 0 Å². The number of hydrogen-bond donors (Lipinski definition) is 3. The van der Waals surface area contributed by atoms with Crippen LogP contribution >= 0.6 is 11.8 Å². The molecule has 1 amide bonds. The summed E-state index contributed by atoms with van der Waals surface area (Å²) in [4.78, 5) is 14.9. The number of nitrogens with zero attached hydrogens (tertiary/aromatic N) is 1. The molecule has 4 rings (SSSR count). The quantitative estimate of drug-likeness (QED) is 0.602. The monoisotopic (exact) mass is 435 g/mol. The predicted molar refractivity (Wildman–Crippen MR) is 129 cm³/mol. The maximum atomic E-state index is 12.6. The fraction of sp³-hybridized carbons (Fsp3) is 0.524. The van der Waals surface area contributed by atoms with Crippen molar-refractivity contribution in [1.29, 1.82) is 0 Å². The molecule has 2 unspecified atom stereocenters. The van der Waals surface area contributed by atoms with Crippen molar-refractivity contribution in [2.24, 2.45) is 5.92 Å². The van der Waals surface area contributed by atoms with E-state index < -0.39 is 6.10 Å². The Balaban J connectivity index is 1.26. The van der Waals surface area contributed by atoms with E-state index in [-0.39, 0.29) is 12.5 Å². The minimum atomic E-state index is -0.608. The van der Waals surface area contributed by atoms with Crippen molar-refractivity contribution in [3.05, 3.63) is 46.9 Å². The molecule has 10 heteroatoms. The zero-order valence-electron chi connectivity index (χ0n) is 17.9. The first kappa shape index (κ1) is 22.7. The second-order valence-electron chi connectivity index (χ2n) is 8.47. The third-order valence-electron chi connectivity index (χ3n) is 5.88. The Labute approximate surface area is 190 Å². The third kappa shape index (κ3) is 6.28. The number of hydrogen-bond acceptors (Lipinski definition) is 6. The van der Waals surface area contributed by atoms with Gasteiger partial charge in [-0.25, -0.2) is 0 Å². The molecule has 31 heavy (non-hydrogen) atoms. The molecule has 1 aromatic heterocycles. The Morgan fingerprint density at radius 3 is 2.87 bits per heavy atom. The van der Waals surface area contributed by atoms with Gasteiger partial charge in [0.05, 0.1) is 0 Å². The Bertz CT molecular complexity index is 882. The summed E-state index contributed by atoms with van der Waals surface area (Å²) < 4.78 is 5.59. The molecule has 0 radical (unpaired) electrons. The summed E-state index contributed by atoms with van der Waals surface area (Å²) in [6.45, 7) is 11.1. The molecule has 1 saturated heterocycles. The van der Waals surface area contributed by atoms with Gasteiger partial charge in [0.25, 0.3) is 0 Å². The van der Waals surface area contributed by atoms with Crippen molar-refractivity contribution in [3.8, 4) is 0 Å². The van der Waals surface area contributed by atoms with Gasteiger partial charge in [0.15, 0.2) is 0 Å². The SMILES string of the molecule is CC1COCSCC1Nc1bbbc(C(=O)NC[C@@H](O)CN2Cc3ccccc3C2)c1. The topological polar surface area (TPSA) is 73.8 Å². The van der Waals surface area contributed by atoms with Gasteiger partial charge in [-0.15, -0.1) is 0 Å². The first-order valence-electron chi connectivity index (χ1n) is 10.9. The molecular formula is C21H28B3N3O3S. The molecule has 0 spiro atoms. The van der Waals surface area contributed by atoms with E-state index in [2.05, 4.69) is 34.6 Å². The average molecular weight is 435 g/mol. The molecule has 3 atom stereocenters. The number of aliphatic hydroxyl groups is 1. The summed E-state index contributed by atoms with van der Waals surface area (Å²) in [5.74, 6) is 1.94. The molecule has 2 aliphatic rings. The Morgan fingerprint density at radius 1 is 1.32 bits per heavy atom. The average Bonchev–Trinajstić information content (AvgIpc) is 3.07. The molecule has 1 aromatic carbocycles. The van der Waals surface area contributed by atoms with Crippen LogP contribution in [0.1, 0.15) is 28.3 Å². The van der Waals surface area contributed by atoms with Crippen LogP contribution in [0.15, 0.2) is 30.3 Å². The summed E-state index contributed by atoms with van der Waals surface area (Å²) in [6.07, 6.45) is -0.608. The second kappa shape index (κ2) is 10.9. The minimum absolute atomic E-state index is 0.168. The number of aliphatic hydroxyl groups excluding tert-OH is 1. The van der Waals surface area contributed by atoms with Crippen LogP contribution in [0, 0.1) is 5.92 Å². The molecule has 0 bridgehead atoms. The van der Waals surface area contributed by atoms with Gasteiger partial charge in [-0.3, -0.25) is 0 Å². The summed E-state index contributed by atoms with van der Waals surface area (Å²) in [5, 5.41) is 16.9. The summed E-state index contributed by atoms with van der Waals surface area (Å²) in [5.41, 5.74) is 4.16. The van der Waals surface area contributed by atoms with E-state index >= 15 is 0 Å². The molecule has 3 heterocycles. The number of nitrogens with one attached hydrogen (secondary N) is 2.